The Morgan fingerprint density at radius 2 is 2.29 bits per heavy atom. The second kappa shape index (κ2) is 3.44. The van der Waals surface area contributed by atoms with Gasteiger partial charge in [-0.2, -0.15) is 0 Å². The minimum absolute atomic E-state index is 0.113. The third kappa shape index (κ3) is 3.06. The van der Waals surface area contributed by atoms with Gasteiger partial charge >= 0.3 is 0 Å². The lowest BCUT2D eigenvalue weighted by atomic mass is 10.4. The Bertz CT molecular complexity index is 64.7. The number of alkyl halides is 2. The Morgan fingerprint density at radius 3 is 2.29 bits per heavy atom. The molecule has 0 saturated heterocycles. The summed E-state index contributed by atoms with van der Waals surface area (Å²) in [5, 5.41) is -0.113. The van der Waals surface area contributed by atoms with E-state index in [1.807, 2.05) is 0 Å². The maximum atomic E-state index is 9.81. The zero-order valence-electron chi connectivity index (χ0n) is 3.90. The van der Waals surface area contributed by atoms with Crippen LogP contribution >= 0.6 is 27.5 Å². The predicted octanol–water partition coefficient (Wildman–Crippen LogP) is 1.58. The first kappa shape index (κ1) is 7.44. The Kier molecular flexibility index (Phi) is 3.66. The third-order valence-corrected chi connectivity index (χ3v) is 2.15. The van der Waals surface area contributed by atoms with Crippen LogP contribution in [0.25, 0.3) is 0 Å². The molecule has 1 nitrogen and oxygen atoms in total. The smallest absolute Gasteiger partial charge is 0.135 e. The zero-order chi connectivity index (χ0) is 5.86. The van der Waals surface area contributed by atoms with Crippen molar-refractivity contribution in [3.8, 4) is 0 Å². The van der Waals surface area contributed by atoms with Crippen LogP contribution in [-0.4, -0.2) is 16.5 Å². The molecule has 0 fully saturated rings. The minimum atomic E-state index is -0.200. The highest BCUT2D eigenvalue weighted by molar-refractivity contribution is 9.10. The highest BCUT2D eigenvalue weighted by Gasteiger charge is 2.06. The maximum Gasteiger partial charge on any atom is 0.135 e. The summed E-state index contributed by atoms with van der Waals surface area (Å²) < 4.78 is 0. The normalized spacial score (nSPS) is 18.1. The van der Waals surface area contributed by atoms with Gasteiger partial charge in [0.1, 0.15) is 6.29 Å². The molecule has 0 aromatic carbocycles. The Hall–Kier alpha value is 0.440. The van der Waals surface area contributed by atoms with E-state index in [0.717, 1.165) is 6.29 Å². The third-order valence-electron chi connectivity index (χ3n) is 0.569. The fraction of sp³-hybridized carbons (Fsp3) is 0.750. The van der Waals surface area contributed by atoms with Crippen molar-refractivity contribution in [2.45, 2.75) is 17.1 Å². The summed E-state index contributed by atoms with van der Waals surface area (Å²) >= 11 is 8.49. The summed E-state index contributed by atoms with van der Waals surface area (Å²) in [6.07, 6.45) is 0.775. The molecule has 0 spiro atoms. The van der Waals surface area contributed by atoms with Crippen LogP contribution in [0.5, 0.6) is 0 Å². The van der Waals surface area contributed by atoms with Crippen LogP contribution < -0.4 is 0 Å². The van der Waals surface area contributed by atoms with Crippen LogP contribution in [0.1, 0.15) is 6.92 Å². The van der Waals surface area contributed by atoms with E-state index in [0.29, 0.717) is 0 Å². The van der Waals surface area contributed by atoms with Gasteiger partial charge in [0.2, 0.25) is 0 Å². The molecule has 0 aromatic heterocycles. The number of carbonyl (C=O) groups excluding carboxylic acids is 1. The molecule has 0 aliphatic rings. The van der Waals surface area contributed by atoms with Crippen LogP contribution in [0.3, 0.4) is 0 Å². The van der Waals surface area contributed by atoms with Crippen molar-refractivity contribution in [2.24, 2.45) is 0 Å². The number of hydrogen-bond acceptors (Lipinski definition) is 1. The molecule has 0 bridgehead atoms. The van der Waals surface area contributed by atoms with E-state index in [4.69, 9.17) is 11.6 Å². The lowest BCUT2D eigenvalue weighted by Gasteiger charge is -1.99. The van der Waals surface area contributed by atoms with E-state index in [1.165, 1.54) is 0 Å². The second-order valence-electron chi connectivity index (χ2n) is 1.26. The van der Waals surface area contributed by atoms with Gasteiger partial charge in [0.05, 0.1) is 4.83 Å². The lowest BCUT2D eigenvalue weighted by Crippen LogP contribution is -2.10. The first-order valence-corrected chi connectivity index (χ1v) is 3.27. The quantitative estimate of drug-likeness (QED) is 0.471. The second-order valence-corrected chi connectivity index (χ2v) is 3.00. The molecule has 2 atom stereocenters. The van der Waals surface area contributed by atoms with Crippen molar-refractivity contribution >= 4 is 33.8 Å². The summed E-state index contributed by atoms with van der Waals surface area (Å²) in [6.45, 7) is 1.76. The van der Waals surface area contributed by atoms with Gasteiger partial charge in [-0.1, -0.05) is 15.9 Å². The first-order chi connectivity index (χ1) is 3.18. The van der Waals surface area contributed by atoms with Crippen LogP contribution in [0, 0.1) is 0 Å². The molecule has 0 aliphatic heterocycles. The largest absolute Gasteiger partial charge is 0.302 e. The molecule has 0 aliphatic carbocycles. The Balaban J connectivity index is 3.33. The molecule has 0 radical (unpaired) electrons. The zero-order valence-corrected chi connectivity index (χ0v) is 6.24. The van der Waals surface area contributed by atoms with Crippen molar-refractivity contribution < 1.29 is 4.79 Å². The average molecular weight is 185 g/mol. The average Bonchev–Trinajstić information content (AvgIpc) is 1.65. The van der Waals surface area contributed by atoms with Crippen LogP contribution in [0.4, 0.5) is 0 Å². The summed E-state index contributed by atoms with van der Waals surface area (Å²) in [5.41, 5.74) is 0. The molecule has 0 saturated carbocycles. The summed E-state index contributed by atoms with van der Waals surface area (Å²) in [7, 11) is 0. The fourth-order valence-electron chi connectivity index (χ4n) is 0.108. The molecule has 0 rings (SSSR count). The van der Waals surface area contributed by atoms with Gasteiger partial charge in [-0.05, 0) is 6.92 Å². The van der Waals surface area contributed by atoms with Gasteiger partial charge in [0, 0.05) is 5.38 Å². The van der Waals surface area contributed by atoms with E-state index in [1.54, 1.807) is 6.92 Å². The van der Waals surface area contributed by atoms with Gasteiger partial charge < -0.3 is 4.79 Å². The van der Waals surface area contributed by atoms with Crippen LogP contribution in [-0.2, 0) is 4.79 Å². The van der Waals surface area contributed by atoms with Gasteiger partial charge in [-0.25, -0.2) is 0 Å². The molecule has 7 heavy (non-hydrogen) atoms. The van der Waals surface area contributed by atoms with Crippen molar-refractivity contribution in [1.82, 2.24) is 0 Å². The predicted molar refractivity (Wildman–Crippen MR) is 34.1 cm³/mol. The van der Waals surface area contributed by atoms with Gasteiger partial charge in [0.15, 0.2) is 0 Å². The van der Waals surface area contributed by atoms with Crippen molar-refractivity contribution in [1.29, 1.82) is 0 Å². The summed E-state index contributed by atoms with van der Waals surface area (Å²) in [6, 6.07) is 0. The molecule has 0 unspecified atom stereocenters. The number of halogens is 2. The standard InChI is InChI=1S/C4H6BrClO/c1-3(6)4(5)2-7/h2-4H,1H3/t3-,4+/m0/s1. The molecular weight excluding hydrogens is 179 g/mol. The molecule has 0 amide bonds. The highest BCUT2D eigenvalue weighted by atomic mass is 79.9. The molecule has 0 heterocycles. The molecule has 0 N–H and O–H groups in total. The van der Waals surface area contributed by atoms with Gasteiger partial charge in [-0.15, -0.1) is 11.6 Å². The van der Waals surface area contributed by atoms with Crippen molar-refractivity contribution in [3.63, 3.8) is 0 Å². The van der Waals surface area contributed by atoms with E-state index in [2.05, 4.69) is 15.9 Å². The van der Waals surface area contributed by atoms with E-state index in [-0.39, 0.29) is 10.2 Å². The van der Waals surface area contributed by atoms with Gasteiger partial charge in [-0.3, -0.25) is 0 Å². The fourth-order valence-corrected chi connectivity index (χ4v) is 0.168. The number of hydrogen-bond donors (Lipinski definition) is 0. The van der Waals surface area contributed by atoms with E-state index in [9.17, 15) is 4.79 Å². The highest BCUT2D eigenvalue weighted by Crippen LogP contribution is 2.07. The molecule has 3 heteroatoms. The number of rotatable bonds is 2. The minimum Gasteiger partial charge on any atom is -0.302 e. The van der Waals surface area contributed by atoms with Crippen LogP contribution in [0.15, 0.2) is 0 Å². The summed E-state index contributed by atoms with van der Waals surface area (Å²) in [4.78, 5) is 9.62. The Morgan fingerprint density at radius 1 is 1.86 bits per heavy atom. The molecule has 0 aromatic rings. The maximum absolute atomic E-state index is 9.81. The number of carbonyl (C=O) groups is 1. The first-order valence-electron chi connectivity index (χ1n) is 1.92. The number of aldehydes is 1. The SMILES string of the molecule is C[C@H](Cl)[C@H](Br)C=O. The monoisotopic (exact) mass is 184 g/mol. The Labute approximate surface area is 56.2 Å². The lowest BCUT2D eigenvalue weighted by molar-refractivity contribution is -0.107. The van der Waals surface area contributed by atoms with Crippen molar-refractivity contribution in [3.05, 3.63) is 0 Å². The van der Waals surface area contributed by atoms with Crippen LogP contribution in [0.2, 0.25) is 0 Å². The van der Waals surface area contributed by atoms with Gasteiger partial charge in [0.25, 0.3) is 0 Å². The molecule has 42 valence electrons. The molecular formula is C4H6BrClO. The van der Waals surface area contributed by atoms with Crippen molar-refractivity contribution in [2.75, 3.05) is 0 Å². The van der Waals surface area contributed by atoms with E-state index >= 15 is 0 Å². The topological polar surface area (TPSA) is 17.1 Å². The van der Waals surface area contributed by atoms with E-state index < -0.39 is 0 Å². The summed E-state index contributed by atoms with van der Waals surface area (Å²) in [5.74, 6) is 0.